The van der Waals surface area contributed by atoms with Crippen LogP contribution in [-0.2, 0) is 13.2 Å². The van der Waals surface area contributed by atoms with E-state index in [1.807, 2.05) is 37.3 Å². The van der Waals surface area contributed by atoms with E-state index in [2.05, 4.69) is 10.4 Å². The van der Waals surface area contributed by atoms with Crippen molar-refractivity contribution in [3.63, 3.8) is 0 Å². The molecule has 0 aliphatic carbocycles. The number of rotatable bonds is 4. The van der Waals surface area contributed by atoms with Gasteiger partial charge in [0.15, 0.2) is 5.69 Å². The second-order valence-electron chi connectivity index (χ2n) is 4.88. The number of carbonyl (C=O) groups is 1. The SMILES string of the molecule is CCC(NC(=O)c1cc(C(F)(F)F)nn1C)c1ccccc1. The Morgan fingerprint density at radius 3 is 2.45 bits per heavy atom. The molecule has 1 aromatic carbocycles. The Morgan fingerprint density at radius 2 is 1.95 bits per heavy atom. The van der Waals surface area contributed by atoms with Crippen molar-refractivity contribution < 1.29 is 18.0 Å². The number of aryl methyl sites for hydroxylation is 1. The summed E-state index contributed by atoms with van der Waals surface area (Å²) in [5, 5.41) is 6.08. The molecule has 0 spiro atoms. The lowest BCUT2D eigenvalue weighted by Gasteiger charge is -2.17. The summed E-state index contributed by atoms with van der Waals surface area (Å²) >= 11 is 0. The maximum Gasteiger partial charge on any atom is 0.435 e. The second-order valence-corrected chi connectivity index (χ2v) is 4.88. The number of benzene rings is 1. The van der Waals surface area contributed by atoms with E-state index in [-0.39, 0.29) is 11.7 Å². The van der Waals surface area contributed by atoms with Crippen molar-refractivity contribution in [3.8, 4) is 0 Å². The average molecular weight is 311 g/mol. The van der Waals surface area contributed by atoms with Crippen molar-refractivity contribution >= 4 is 5.91 Å². The van der Waals surface area contributed by atoms with E-state index in [1.54, 1.807) is 0 Å². The van der Waals surface area contributed by atoms with Crippen LogP contribution in [0.3, 0.4) is 0 Å². The topological polar surface area (TPSA) is 46.9 Å². The molecule has 0 bridgehead atoms. The molecule has 1 aromatic heterocycles. The molecule has 0 aliphatic rings. The maximum atomic E-state index is 12.6. The van der Waals surface area contributed by atoms with Crippen molar-refractivity contribution in [2.45, 2.75) is 25.6 Å². The number of aromatic nitrogens is 2. The highest BCUT2D eigenvalue weighted by molar-refractivity contribution is 5.93. The van der Waals surface area contributed by atoms with Gasteiger partial charge in [0, 0.05) is 13.1 Å². The first-order valence-electron chi connectivity index (χ1n) is 6.80. The van der Waals surface area contributed by atoms with E-state index in [0.29, 0.717) is 6.42 Å². The highest BCUT2D eigenvalue weighted by Crippen LogP contribution is 2.28. The van der Waals surface area contributed by atoms with Crippen molar-refractivity contribution in [1.82, 2.24) is 15.1 Å². The molecule has 22 heavy (non-hydrogen) atoms. The Labute approximate surface area is 125 Å². The summed E-state index contributed by atoms with van der Waals surface area (Å²) < 4.78 is 38.8. The molecule has 1 unspecified atom stereocenters. The van der Waals surface area contributed by atoms with Gasteiger partial charge < -0.3 is 5.32 Å². The fourth-order valence-corrected chi connectivity index (χ4v) is 2.16. The number of amides is 1. The molecule has 0 saturated heterocycles. The predicted molar refractivity (Wildman–Crippen MR) is 75.2 cm³/mol. The molecule has 118 valence electrons. The van der Waals surface area contributed by atoms with Gasteiger partial charge in [-0.1, -0.05) is 37.3 Å². The maximum absolute atomic E-state index is 12.6. The first kappa shape index (κ1) is 16.1. The third-order valence-electron chi connectivity index (χ3n) is 3.32. The van der Waals surface area contributed by atoms with Crippen LogP contribution in [0.1, 0.15) is 41.1 Å². The third-order valence-corrected chi connectivity index (χ3v) is 3.32. The standard InChI is InChI=1S/C15H16F3N3O/c1-3-11(10-7-5-4-6-8-10)19-14(22)12-9-13(15(16,17)18)20-21(12)2/h4-9,11H,3H2,1-2H3,(H,19,22). The molecule has 0 radical (unpaired) electrons. The molecule has 1 atom stereocenters. The van der Waals surface area contributed by atoms with Crippen LogP contribution < -0.4 is 5.32 Å². The van der Waals surface area contributed by atoms with Gasteiger partial charge in [-0.05, 0) is 12.0 Å². The minimum atomic E-state index is -4.57. The quantitative estimate of drug-likeness (QED) is 0.941. The number of nitrogens with one attached hydrogen (secondary N) is 1. The lowest BCUT2D eigenvalue weighted by Crippen LogP contribution is -2.29. The van der Waals surface area contributed by atoms with Crippen LogP contribution in [0.15, 0.2) is 36.4 Å². The highest BCUT2D eigenvalue weighted by Gasteiger charge is 2.35. The van der Waals surface area contributed by atoms with Gasteiger partial charge >= 0.3 is 6.18 Å². The predicted octanol–water partition coefficient (Wildman–Crippen LogP) is 3.32. The Balaban J connectivity index is 2.20. The van der Waals surface area contributed by atoms with E-state index < -0.39 is 17.8 Å². The second kappa shape index (κ2) is 6.21. The van der Waals surface area contributed by atoms with Crippen LogP contribution in [0.5, 0.6) is 0 Å². The Morgan fingerprint density at radius 1 is 1.32 bits per heavy atom. The van der Waals surface area contributed by atoms with Crippen LogP contribution in [0.4, 0.5) is 13.2 Å². The Hall–Kier alpha value is -2.31. The van der Waals surface area contributed by atoms with Crippen LogP contribution in [0.25, 0.3) is 0 Å². The summed E-state index contributed by atoms with van der Waals surface area (Å²) in [4.78, 5) is 12.2. The molecule has 4 nitrogen and oxygen atoms in total. The summed E-state index contributed by atoms with van der Waals surface area (Å²) in [5.41, 5.74) is -0.300. The van der Waals surface area contributed by atoms with Crippen LogP contribution >= 0.6 is 0 Å². The van der Waals surface area contributed by atoms with Crippen molar-refractivity contribution in [1.29, 1.82) is 0 Å². The van der Waals surface area contributed by atoms with Crippen molar-refractivity contribution in [2.24, 2.45) is 7.05 Å². The zero-order valence-corrected chi connectivity index (χ0v) is 12.2. The molecule has 0 fully saturated rings. The Kier molecular flexibility index (Phi) is 4.54. The summed E-state index contributed by atoms with van der Waals surface area (Å²) in [6, 6.07) is 9.75. The minimum absolute atomic E-state index is 0.123. The molecule has 0 saturated carbocycles. The Bertz CT molecular complexity index is 650. The van der Waals surface area contributed by atoms with E-state index >= 15 is 0 Å². The summed E-state index contributed by atoms with van der Waals surface area (Å²) in [6.07, 6.45) is -3.94. The van der Waals surface area contributed by atoms with E-state index in [1.165, 1.54) is 7.05 Å². The molecule has 1 N–H and O–H groups in total. The lowest BCUT2D eigenvalue weighted by molar-refractivity contribution is -0.141. The summed E-state index contributed by atoms with van der Waals surface area (Å²) in [5.74, 6) is -0.582. The molecule has 1 heterocycles. The number of carbonyl (C=O) groups excluding carboxylic acids is 1. The van der Waals surface area contributed by atoms with Crippen molar-refractivity contribution in [2.75, 3.05) is 0 Å². The number of halogens is 3. The zero-order valence-electron chi connectivity index (χ0n) is 12.2. The minimum Gasteiger partial charge on any atom is -0.344 e. The first-order chi connectivity index (χ1) is 10.3. The van der Waals surface area contributed by atoms with Gasteiger partial charge in [0.2, 0.25) is 0 Å². The molecular formula is C15H16F3N3O. The van der Waals surface area contributed by atoms with Crippen molar-refractivity contribution in [3.05, 3.63) is 53.3 Å². The van der Waals surface area contributed by atoms with Gasteiger partial charge in [-0.2, -0.15) is 18.3 Å². The normalized spacial score (nSPS) is 13.0. The van der Waals surface area contributed by atoms with Crippen LogP contribution in [-0.4, -0.2) is 15.7 Å². The highest BCUT2D eigenvalue weighted by atomic mass is 19.4. The molecular weight excluding hydrogens is 295 g/mol. The summed E-state index contributed by atoms with van der Waals surface area (Å²) in [6.45, 7) is 1.89. The molecule has 0 aliphatic heterocycles. The van der Waals surface area contributed by atoms with Gasteiger partial charge in [-0.15, -0.1) is 0 Å². The van der Waals surface area contributed by atoms with E-state index in [4.69, 9.17) is 0 Å². The van der Waals surface area contributed by atoms with Gasteiger partial charge in [0.1, 0.15) is 5.69 Å². The smallest absolute Gasteiger partial charge is 0.344 e. The zero-order chi connectivity index (χ0) is 16.3. The van der Waals surface area contributed by atoms with E-state index in [9.17, 15) is 18.0 Å². The van der Waals surface area contributed by atoms with Crippen LogP contribution in [0.2, 0.25) is 0 Å². The van der Waals surface area contributed by atoms with E-state index in [0.717, 1.165) is 16.3 Å². The molecule has 1 amide bonds. The monoisotopic (exact) mass is 311 g/mol. The first-order valence-corrected chi connectivity index (χ1v) is 6.80. The molecule has 7 heteroatoms. The third kappa shape index (κ3) is 3.47. The lowest BCUT2D eigenvalue weighted by atomic mass is 10.0. The number of alkyl halides is 3. The molecule has 2 aromatic rings. The fraction of sp³-hybridized carbons (Fsp3) is 0.333. The molecule has 2 rings (SSSR count). The van der Waals surface area contributed by atoms with Gasteiger partial charge in [0.25, 0.3) is 5.91 Å². The van der Waals surface area contributed by atoms with Gasteiger partial charge in [-0.3, -0.25) is 9.48 Å². The van der Waals surface area contributed by atoms with Crippen LogP contribution in [0, 0.1) is 0 Å². The number of hydrogen-bond acceptors (Lipinski definition) is 2. The van der Waals surface area contributed by atoms with Gasteiger partial charge in [0.05, 0.1) is 6.04 Å². The van der Waals surface area contributed by atoms with Gasteiger partial charge in [-0.25, -0.2) is 0 Å². The fourth-order valence-electron chi connectivity index (χ4n) is 2.16. The number of nitrogens with zero attached hydrogens (tertiary/aromatic N) is 2. The largest absolute Gasteiger partial charge is 0.435 e. The average Bonchev–Trinajstić information content (AvgIpc) is 2.87. The number of hydrogen-bond donors (Lipinski definition) is 1. The summed E-state index contributed by atoms with van der Waals surface area (Å²) in [7, 11) is 1.31.